The minimum absolute atomic E-state index is 0.132. The van der Waals surface area contributed by atoms with Crippen LogP contribution in [0.2, 0.25) is 0 Å². The quantitative estimate of drug-likeness (QED) is 0.374. The lowest BCUT2D eigenvalue weighted by molar-refractivity contribution is 0.0200. The highest BCUT2D eigenvalue weighted by Gasteiger charge is 2.20. The fraction of sp³-hybridized carbons (Fsp3) is 1.00. The molecule has 76 valence electrons. The normalized spacial score (nSPS) is 16.5. The SMILES string of the molecule is CC(C)C(C)(N)O.F[B-](F)(F)F. The van der Waals surface area contributed by atoms with Gasteiger partial charge in [0.05, 0.1) is 0 Å². The molecule has 0 aromatic carbocycles. The number of hydrogen-bond acceptors (Lipinski definition) is 2. The monoisotopic (exact) mass is 190 g/mol. The Morgan fingerprint density at radius 3 is 1.33 bits per heavy atom. The van der Waals surface area contributed by atoms with Crippen molar-refractivity contribution in [1.82, 2.24) is 0 Å². The largest absolute Gasteiger partial charge is 0.673 e. The summed E-state index contributed by atoms with van der Waals surface area (Å²) in [6, 6.07) is 0. The van der Waals surface area contributed by atoms with Crippen LogP contribution < -0.4 is 5.73 Å². The van der Waals surface area contributed by atoms with Gasteiger partial charge in [0, 0.05) is 0 Å². The molecular weight excluding hydrogens is 177 g/mol. The van der Waals surface area contributed by atoms with E-state index >= 15 is 0 Å². The first-order valence-electron chi connectivity index (χ1n) is 3.33. The molecule has 7 heteroatoms. The Morgan fingerprint density at radius 1 is 1.25 bits per heavy atom. The summed E-state index contributed by atoms with van der Waals surface area (Å²) in [5.74, 6) is 0.132. The zero-order chi connectivity index (χ0) is 10.6. The topological polar surface area (TPSA) is 46.2 Å². The van der Waals surface area contributed by atoms with Crippen molar-refractivity contribution in [1.29, 1.82) is 0 Å². The highest BCUT2D eigenvalue weighted by Crippen LogP contribution is 2.07. The Labute approximate surface area is 68.9 Å². The first-order chi connectivity index (χ1) is 4.94. The van der Waals surface area contributed by atoms with Crippen LogP contribution >= 0.6 is 0 Å². The summed E-state index contributed by atoms with van der Waals surface area (Å²) in [4.78, 5) is 0. The molecule has 3 N–H and O–H groups in total. The molecule has 0 fully saturated rings. The maximum Gasteiger partial charge on any atom is 0.673 e. The van der Waals surface area contributed by atoms with Crippen molar-refractivity contribution in [3.05, 3.63) is 0 Å². The third kappa shape index (κ3) is 22.6. The zero-order valence-corrected chi connectivity index (χ0v) is 7.19. The highest BCUT2D eigenvalue weighted by molar-refractivity contribution is 6.50. The summed E-state index contributed by atoms with van der Waals surface area (Å²) in [7, 11) is -6.00. The molecule has 0 heterocycles. The predicted octanol–water partition coefficient (Wildman–Crippen LogP) is 1.61. The van der Waals surface area contributed by atoms with Gasteiger partial charge in [-0.15, -0.1) is 0 Å². The van der Waals surface area contributed by atoms with Crippen molar-refractivity contribution < 1.29 is 22.4 Å². The van der Waals surface area contributed by atoms with Gasteiger partial charge in [0.1, 0.15) is 5.72 Å². The Kier molecular flexibility index (Phi) is 5.53. The van der Waals surface area contributed by atoms with Crippen LogP contribution in [0.4, 0.5) is 17.3 Å². The van der Waals surface area contributed by atoms with Crippen LogP contribution in [0.1, 0.15) is 20.8 Å². The van der Waals surface area contributed by atoms with Gasteiger partial charge in [-0.2, -0.15) is 0 Å². The molecular formula is C5H13BF4NO-. The molecule has 2 nitrogen and oxygen atoms in total. The van der Waals surface area contributed by atoms with Crippen LogP contribution in [0.15, 0.2) is 0 Å². The molecule has 0 spiro atoms. The van der Waals surface area contributed by atoms with Crippen molar-refractivity contribution in [2.75, 3.05) is 0 Å². The predicted molar refractivity (Wildman–Crippen MR) is 39.8 cm³/mol. The van der Waals surface area contributed by atoms with Crippen LogP contribution in [0.5, 0.6) is 0 Å². The van der Waals surface area contributed by atoms with Gasteiger partial charge in [-0.3, -0.25) is 0 Å². The van der Waals surface area contributed by atoms with Crippen molar-refractivity contribution in [2.45, 2.75) is 26.5 Å². The van der Waals surface area contributed by atoms with Gasteiger partial charge < -0.3 is 28.1 Å². The van der Waals surface area contributed by atoms with E-state index in [9.17, 15) is 17.3 Å². The van der Waals surface area contributed by atoms with E-state index in [0.29, 0.717) is 0 Å². The molecule has 1 atom stereocenters. The van der Waals surface area contributed by atoms with E-state index in [1.54, 1.807) is 6.92 Å². The molecule has 0 saturated heterocycles. The molecule has 0 aliphatic rings. The summed E-state index contributed by atoms with van der Waals surface area (Å²) in [5, 5.41) is 8.87. The molecule has 0 aliphatic carbocycles. The van der Waals surface area contributed by atoms with Crippen LogP contribution in [-0.4, -0.2) is 18.1 Å². The van der Waals surface area contributed by atoms with E-state index in [0.717, 1.165) is 0 Å². The smallest absolute Gasteiger partial charge is 0.418 e. The average molecular weight is 190 g/mol. The van der Waals surface area contributed by atoms with E-state index in [2.05, 4.69) is 0 Å². The first-order valence-corrected chi connectivity index (χ1v) is 3.33. The minimum Gasteiger partial charge on any atom is -0.418 e. The van der Waals surface area contributed by atoms with Gasteiger partial charge >= 0.3 is 7.25 Å². The van der Waals surface area contributed by atoms with Gasteiger partial charge in [0.15, 0.2) is 0 Å². The van der Waals surface area contributed by atoms with Gasteiger partial charge in [0.2, 0.25) is 0 Å². The Morgan fingerprint density at radius 2 is 1.33 bits per heavy atom. The van der Waals surface area contributed by atoms with Gasteiger partial charge in [-0.25, -0.2) is 0 Å². The summed E-state index contributed by atoms with van der Waals surface area (Å²) in [6.07, 6.45) is 0. The molecule has 0 aromatic rings. The van der Waals surface area contributed by atoms with E-state index in [1.165, 1.54) is 0 Å². The Hall–Kier alpha value is -0.295. The molecule has 0 aromatic heterocycles. The summed E-state index contributed by atoms with van der Waals surface area (Å²) < 4.78 is 39.0. The zero-order valence-electron chi connectivity index (χ0n) is 7.19. The van der Waals surface area contributed by atoms with E-state index in [1.807, 2.05) is 13.8 Å². The Balaban J connectivity index is 0. The van der Waals surface area contributed by atoms with E-state index < -0.39 is 13.0 Å². The Bertz CT molecular complexity index is 114. The molecule has 0 radical (unpaired) electrons. The van der Waals surface area contributed by atoms with Crippen molar-refractivity contribution in [3.63, 3.8) is 0 Å². The number of rotatable bonds is 1. The molecule has 0 saturated carbocycles. The summed E-state index contributed by atoms with van der Waals surface area (Å²) in [5.41, 5.74) is 4.23. The second-order valence-corrected chi connectivity index (χ2v) is 2.88. The van der Waals surface area contributed by atoms with Crippen LogP contribution in [-0.2, 0) is 0 Å². The van der Waals surface area contributed by atoms with Crippen LogP contribution in [0.25, 0.3) is 0 Å². The van der Waals surface area contributed by atoms with E-state index in [-0.39, 0.29) is 5.92 Å². The lowest BCUT2D eigenvalue weighted by Gasteiger charge is -2.20. The lowest BCUT2D eigenvalue weighted by atomic mass is 10.0. The second-order valence-electron chi connectivity index (χ2n) is 2.88. The van der Waals surface area contributed by atoms with Crippen molar-refractivity contribution in [2.24, 2.45) is 11.7 Å². The number of nitrogens with two attached hydrogens (primary N) is 1. The summed E-state index contributed by atoms with van der Waals surface area (Å²) in [6.45, 7) is 5.34. The molecule has 0 bridgehead atoms. The van der Waals surface area contributed by atoms with Crippen LogP contribution in [0.3, 0.4) is 0 Å². The van der Waals surface area contributed by atoms with Gasteiger partial charge in [-0.1, -0.05) is 13.8 Å². The maximum atomic E-state index is 9.75. The fourth-order valence-electron chi connectivity index (χ4n) is 0. The first kappa shape index (κ1) is 14.2. The number of hydrogen-bond donors (Lipinski definition) is 2. The van der Waals surface area contributed by atoms with Crippen molar-refractivity contribution >= 4 is 7.25 Å². The fourth-order valence-corrected chi connectivity index (χ4v) is 0. The standard InChI is InChI=1S/C5H13NO.BF4/c1-4(2)5(3,6)7;2-1(3,4)5/h4,7H,6H2,1-3H3;/q;-1. The average Bonchev–Trinajstić information content (AvgIpc) is 1.55. The second kappa shape index (κ2) is 4.66. The third-order valence-corrected chi connectivity index (χ3v) is 1.17. The third-order valence-electron chi connectivity index (χ3n) is 1.17. The lowest BCUT2D eigenvalue weighted by Crippen LogP contribution is -2.41. The van der Waals surface area contributed by atoms with Gasteiger partial charge in [0.25, 0.3) is 0 Å². The molecule has 0 aliphatic heterocycles. The highest BCUT2D eigenvalue weighted by atomic mass is 19.5. The number of aliphatic hydroxyl groups is 1. The van der Waals surface area contributed by atoms with Crippen molar-refractivity contribution in [3.8, 4) is 0 Å². The number of halogens is 4. The molecule has 1 unspecified atom stereocenters. The van der Waals surface area contributed by atoms with Crippen LogP contribution in [0, 0.1) is 5.92 Å². The molecule has 0 rings (SSSR count). The van der Waals surface area contributed by atoms with Gasteiger partial charge in [-0.05, 0) is 12.8 Å². The molecule has 12 heavy (non-hydrogen) atoms. The summed E-state index contributed by atoms with van der Waals surface area (Å²) >= 11 is 0. The minimum atomic E-state index is -6.00. The van der Waals surface area contributed by atoms with E-state index in [4.69, 9.17) is 10.8 Å². The molecule has 0 amide bonds. The maximum absolute atomic E-state index is 9.75.